The molecule has 0 radical (unpaired) electrons. The maximum absolute atomic E-state index is 10.7. The molecule has 0 fully saturated rings. The number of methoxy groups -OCH3 is 1. The van der Waals surface area contributed by atoms with Crippen LogP contribution in [0.4, 0.5) is 11.4 Å². The number of benzene rings is 1. The van der Waals surface area contributed by atoms with Crippen molar-refractivity contribution in [3.8, 4) is 6.07 Å². The van der Waals surface area contributed by atoms with Crippen LogP contribution in [0.15, 0.2) is 18.2 Å². The second kappa shape index (κ2) is 6.71. The van der Waals surface area contributed by atoms with Crippen LogP contribution < -0.4 is 5.32 Å². The Morgan fingerprint density at radius 3 is 2.68 bits per heavy atom. The maximum atomic E-state index is 10.7. The van der Waals surface area contributed by atoms with Gasteiger partial charge in [-0.3, -0.25) is 10.1 Å². The molecule has 0 saturated carbocycles. The SMILES string of the molecule is COCC(Nc1ccc([N+](=O)[O-])cc1C#N)C(C)C. The second-order valence-corrected chi connectivity index (χ2v) is 4.55. The number of nitrogens with zero attached hydrogens (tertiary/aromatic N) is 2. The molecule has 19 heavy (non-hydrogen) atoms. The Hall–Kier alpha value is -2.13. The zero-order valence-electron chi connectivity index (χ0n) is 11.2. The number of nitrogens with one attached hydrogen (secondary N) is 1. The number of nitriles is 1. The molecule has 1 rings (SSSR count). The summed E-state index contributed by atoms with van der Waals surface area (Å²) in [6, 6.07) is 6.22. The molecule has 0 aliphatic carbocycles. The van der Waals surface area contributed by atoms with Crippen LogP contribution >= 0.6 is 0 Å². The lowest BCUT2D eigenvalue weighted by Gasteiger charge is -2.23. The first-order valence-corrected chi connectivity index (χ1v) is 5.93. The molecule has 6 nitrogen and oxygen atoms in total. The minimum atomic E-state index is -0.514. The molecule has 0 amide bonds. The summed E-state index contributed by atoms with van der Waals surface area (Å²) >= 11 is 0. The predicted octanol–water partition coefficient (Wildman–Crippen LogP) is 2.55. The van der Waals surface area contributed by atoms with Crippen molar-refractivity contribution >= 4 is 11.4 Å². The number of non-ortho nitro benzene ring substituents is 1. The van der Waals surface area contributed by atoms with Gasteiger partial charge in [-0.25, -0.2) is 0 Å². The van der Waals surface area contributed by atoms with E-state index in [0.29, 0.717) is 18.2 Å². The third kappa shape index (κ3) is 3.93. The lowest BCUT2D eigenvalue weighted by Crippen LogP contribution is -2.30. The number of anilines is 1. The van der Waals surface area contributed by atoms with Gasteiger partial charge in [-0.2, -0.15) is 5.26 Å². The second-order valence-electron chi connectivity index (χ2n) is 4.55. The molecular formula is C13H17N3O3. The minimum absolute atomic E-state index is 0.0403. The number of nitro benzene ring substituents is 1. The van der Waals surface area contributed by atoms with Crippen LogP contribution in [0.3, 0.4) is 0 Å². The van der Waals surface area contributed by atoms with E-state index in [1.54, 1.807) is 13.2 Å². The lowest BCUT2D eigenvalue weighted by molar-refractivity contribution is -0.384. The van der Waals surface area contributed by atoms with Crippen LogP contribution in [0.1, 0.15) is 19.4 Å². The monoisotopic (exact) mass is 263 g/mol. The summed E-state index contributed by atoms with van der Waals surface area (Å²) in [6.07, 6.45) is 0. The molecule has 1 unspecified atom stereocenters. The summed E-state index contributed by atoms with van der Waals surface area (Å²) in [6.45, 7) is 4.57. The van der Waals surface area contributed by atoms with Gasteiger partial charge in [0.2, 0.25) is 0 Å². The van der Waals surface area contributed by atoms with Crippen molar-refractivity contribution in [2.45, 2.75) is 19.9 Å². The van der Waals surface area contributed by atoms with E-state index in [9.17, 15) is 10.1 Å². The molecule has 0 aliphatic heterocycles. The summed E-state index contributed by atoms with van der Waals surface area (Å²) in [5.74, 6) is 0.307. The molecule has 0 spiro atoms. The third-order valence-corrected chi connectivity index (χ3v) is 2.83. The summed E-state index contributed by atoms with van der Waals surface area (Å²) in [7, 11) is 1.61. The van der Waals surface area contributed by atoms with Gasteiger partial charge in [0.05, 0.1) is 28.8 Å². The Morgan fingerprint density at radius 2 is 2.21 bits per heavy atom. The molecule has 0 bridgehead atoms. The highest BCUT2D eigenvalue weighted by atomic mass is 16.6. The largest absolute Gasteiger partial charge is 0.383 e. The molecule has 1 aromatic rings. The predicted molar refractivity (Wildman–Crippen MR) is 71.9 cm³/mol. The first kappa shape index (κ1) is 14.9. The van der Waals surface area contributed by atoms with Gasteiger partial charge in [0.15, 0.2) is 0 Å². The fourth-order valence-electron chi connectivity index (χ4n) is 1.64. The van der Waals surface area contributed by atoms with Crippen LogP contribution in [0.2, 0.25) is 0 Å². The highest BCUT2D eigenvalue weighted by Gasteiger charge is 2.16. The fraction of sp³-hybridized carbons (Fsp3) is 0.462. The first-order chi connectivity index (χ1) is 8.99. The Labute approximate surface area is 112 Å². The third-order valence-electron chi connectivity index (χ3n) is 2.83. The van der Waals surface area contributed by atoms with Gasteiger partial charge >= 0.3 is 0 Å². The highest BCUT2D eigenvalue weighted by molar-refractivity contribution is 5.61. The number of hydrogen-bond donors (Lipinski definition) is 1. The molecule has 0 aromatic heterocycles. The zero-order valence-corrected chi connectivity index (χ0v) is 11.2. The summed E-state index contributed by atoms with van der Waals surface area (Å²) < 4.78 is 5.12. The summed E-state index contributed by atoms with van der Waals surface area (Å²) in [4.78, 5) is 10.2. The molecule has 0 aliphatic rings. The first-order valence-electron chi connectivity index (χ1n) is 5.93. The molecular weight excluding hydrogens is 246 g/mol. The number of nitro groups is 1. The molecule has 102 valence electrons. The number of hydrogen-bond acceptors (Lipinski definition) is 5. The highest BCUT2D eigenvalue weighted by Crippen LogP contribution is 2.23. The van der Waals surface area contributed by atoms with Gasteiger partial charge in [-0.1, -0.05) is 13.8 Å². The van der Waals surface area contributed by atoms with Gasteiger partial charge in [0.1, 0.15) is 6.07 Å². The van der Waals surface area contributed by atoms with E-state index < -0.39 is 4.92 Å². The summed E-state index contributed by atoms with van der Waals surface area (Å²) in [5.41, 5.74) is 0.759. The zero-order chi connectivity index (χ0) is 14.4. The van der Waals surface area contributed by atoms with E-state index in [-0.39, 0.29) is 17.3 Å². The van der Waals surface area contributed by atoms with Gasteiger partial charge in [0, 0.05) is 19.2 Å². The molecule has 1 aromatic carbocycles. The van der Waals surface area contributed by atoms with Crippen molar-refractivity contribution in [2.75, 3.05) is 19.0 Å². The van der Waals surface area contributed by atoms with Crippen LogP contribution in [-0.4, -0.2) is 24.7 Å². The van der Waals surface area contributed by atoms with Crippen molar-refractivity contribution in [2.24, 2.45) is 5.92 Å². The van der Waals surface area contributed by atoms with Gasteiger partial charge in [-0.15, -0.1) is 0 Å². The lowest BCUT2D eigenvalue weighted by atomic mass is 10.0. The summed E-state index contributed by atoms with van der Waals surface area (Å²) in [5, 5.41) is 22.9. The van der Waals surface area contributed by atoms with E-state index >= 15 is 0 Å². The van der Waals surface area contributed by atoms with Crippen LogP contribution in [0, 0.1) is 27.4 Å². The molecule has 0 saturated heterocycles. The molecule has 1 atom stereocenters. The van der Waals surface area contributed by atoms with Gasteiger partial charge in [0.25, 0.3) is 5.69 Å². The van der Waals surface area contributed by atoms with Crippen molar-refractivity contribution in [3.05, 3.63) is 33.9 Å². The number of ether oxygens (including phenoxy) is 1. The van der Waals surface area contributed by atoms with E-state index in [0.717, 1.165) is 0 Å². The topological polar surface area (TPSA) is 88.2 Å². The Morgan fingerprint density at radius 1 is 1.53 bits per heavy atom. The van der Waals surface area contributed by atoms with E-state index in [1.807, 2.05) is 19.9 Å². The Balaban J connectivity index is 3.00. The molecule has 1 N–H and O–H groups in total. The molecule has 6 heteroatoms. The normalized spacial score (nSPS) is 11.9. The standard InChI is InChI=1S/C13H17N3O3/c1-9(2)13(8-19-3)15-12-5-4-11(16(17)18)6-10(12)7-14/h4-6,9,13,15H,8H2,1-3H3. The van der Waals surface area contributed by atoms with Gasteiger partial charge < -0.3 is 10.1 Å². The number of rotatable bonds is 6. The van der Waals surface area contributed by atoms with Crippen LogP contribution in [0.25, 0.3) is 0 Å². The average Bonchev–Trinajstić information content (AvgIpc) is 2.38. The van der Waals surface area contributed by atoms with Crippen molar-refractivity contribution in [1.29, 1.82) is 5.26 Å². The quantitative estimate of drug-likeness (QED) is 0.629. The van der Waals surface area contributed by atoms with Crippen LogP contribution in [-0.2, 0) is 4.74 Å². The maximum Gasteiger partial charge on any atom is 0.270 e. The van der Waals surface area contributed by atoms with E-state index in [2.05, 4.69) is 5.32 Å². The fourth-order valence-corrected chi connectivity index (χ4v) is 1.64. The van der Waals surface area contributed by atoms with E-state index in [4.69, 9.17) is 10.00 Å². The van der Waals surface area contributed by atoms with Crippen molar-refractivity contribution in [3.63, 3.8) is 0 Å². The van der Waals surface area contributed by atoms with Crippen LogP contribution in [0.5, 0.6) is 0 Å². The Bertz CT molecular complexity index is 494. The minimum Gasteiger partial charge on any atom is -0.383 e. The van der Waals surface area contributed by atoms with Crippen molar-refractivity contribution < 1.29 is 9.66 Å². The average molecular weight is 263 g/mol. The Kier molecular flexibility index (Phi) is 5.27. The van der Waals surface area contributed by atoms with E-state index in [1.165, 1.54) is 12.1 Å². The van der Waals surface area contributed by atoms with Gasteiger partial charge in [-0.05, 0) is 12.0 Å². The smallest absolute Gasteiger partial charge is 0.270 e. The van der Waals surface area contributed by atoms with Crippen molar-refractivity contribution in [1.82, 2.24) is 0 Å². The molecule has 0 heterocycles.